The molecule has 0 N–H and O–H groups in total. The van der Waals surface area contributed by atoms with E-state index in [1.54, 1.807) is 9.80 Å². The van der Waals surface area contributed by atoms with Crippen molar-refractivity contribution in [2.45, 2.75) is 64.5 Å². The molecule has 1 aromatic rings. The highest BCUT2D eigenvalue weighted by Crippen LogP contribution is 2.22. The van der Waals surface area contributed by atoms with Gasteiger partial charge in [-0.25, -0.2) is 4.79 Å². The highest BCUT2D eigenvalue weighted by Gasteiger charge is 2.36. The number of carbonyl (C=O) groups is 2. The number of hydrogen-bond acceptors (Lipinski definition) is 3. The summed E-state index contributed by atoms with van der Waals surface area (Å²) in [5.74, 6) is 0.0172. The summed E-state index contributed by atoms with van der Waals surface area (Å²) >= 11 is 0. The maximum absolute atomic E-state index is 12.9. The second-order valence-electron chi connectivity index (χ2n) is 8.03. The zero-order valence-corrected chi connectivity index (χ0v) is 16.5. The van der Waals surface area contributed by atoms with Crippen LogP contribution in [0, 0.1) is 0 Å². The summed E-state index contributed by atoms with van der Waals surface area (Å²) in [4.78, 5) is 28.8. The minimum atomic E-state index is -0.552. The number of likely N-dealkylation sites (tertiary alicyclic amines) is 1. The van der Waals surface area contributed by atoms with E-state index < -0.39 is 11.6 Å². The Hall–Kier alpha value is -2.04. The second-order valence-corrected chi connectivity index (χ2v) is 8.03. The van der Waals surface area contributed by atoms with Crippen molar-refractivity contribution in [1.29, 1.82) is 0 Å². The second kappa shape index (κ2) is 9.06. The van der Waals surface area contributed by atoms with Gasteiger partial charge in [0.1, 0.15) is 11.6 Å². The van der Waals surface area contributed by atoms with Crippen molar-refractivity contribution in [3.05, 3.63) is 35.9 Å². The number of rotatable bonds is 5. The minimum absolute atomic E-state index is 0.0172. The van der Waals surface area contributed by atoms with Crippen LogP contribution < -0.4 is 0 Å². The Morgan fingerprint density at radius 3 is 2.54 bits per heavy atom. The van der Waals surface area contributed by atoms with Crippen LogP contribution in [-0.4, -0.2) is 53.6 Å². The van der Waals surface area contributed by atoms with Gasteiger partial charge in [-0.15, -0.1) is 0 Å². The van der Waals surface area contributed by atoms with Crippen molar-refractivity contribution in [3.63, 3.8) is 0 Å². The van der Waals surface area contributed by atoms with Crippen molar-refractivity contribution < 1.29 is 14.3 Å². The number of nitrogens with zero attached hydrogens (tertiary/aromatic N) is 2. The Bertz CT molecular complexity index is 595. The molecular weight excluding hydrogens is 328 g/mol. The molecule has 5 nitrogen and oxygen atoms in total. The van der Waals surface area contributed by atoms with Gasteiger partial charge in [-0.2, -0.15) is 0 Å². The van der Waals surface area contributed by atoms with Gasteiger partial charge in [-0.3, -0.25) is 9.69 Å². The lowest BCUT2D eigenvalue weighted by atomic mass is 10.0. The average molecular weight is 360 g/mol. The van der Waals surface area contributed by atoms with Gasteiger partial charge in [-0.05, 0) is 58.4 Å². The van der Waals surface area contributed by atoms with Crippen LogP contribution in [0.2, 0.25) is 0 Å². The number of benzene rings is 1. The largest absolute Gasteiger partial charge is 0.444 e. The van der Waals surface area contributed by atoms with Gasteiger partial charge in [0.05, 0.1) is 0 Å². The van der Waals surface area contributed by atoms with Gasteiger partial charge in [0.15, 0.2) is 0 Å². The zero-order chi connectivity index (χ0) is 19.2. The molecule has 144 valence electrons. The molecule has 0 spiro atoms. The fourth-order valence-corrected chi connectivity index (χ4v) is 3.26. The first-order valence-corrected chi connectivity index (χ1v) is 9.56. The van der Waals surface area contributed by atoms with E-state index in [2.05, 4.69) is 12.1 Å². The van der Waals surface area contributed by atoms with E-state index in [4.69, 9.17) is 4.74 Å². The van der Waals surface area contributed by atoms with Crippen LogP contribution >= 0.6 is 0 Å². The molecule has 1 unspecified atom stereocenters. The molecule has 1 atom stereocenters. The highest BCUT2D eigenvalue weighted by molar-refractivity contribution is 5.85. The Kier molecular flexibility index (Phi) is 7.06. The third-order valence-electron chi connectivity index (χ3n) is 4.59. The highest BCUT2D eigenvalue weighted by atomic mass is 16.6. The van der Waals surface area contributed by atoms with E-state index in [0.29, 0.717) is 19.5 Å². The molecule has 1 aromatic carbocycles. The molecule has 0 aliphatic carbocycles. The summed E-state index contributed by atoms with van der Waals surface area (Å²) in [6.45, 7) is 6.82. The number of aryl methyl sites for hydroxylation is 1. The minimum Gasteiger partial charge on any atom is -0.444 e. The predicted molar refractivity (Wildman–Crippen MR) is 103 cm³/mol. The summed E-state index contributed by atoms with van der Waals surface area (Å²) in [5, 5.41) is 0. The first-order valence-electron chi connectivity index (χ1n) is 9.56. The fraction of sp³-hybridized carbons (Fsp3) is 0.619. The monoisotopic (exact) mass is 360 g/mol. The Morgan fingerprint density at radius 2 is 1.88 bits per heavy atom. The summed E-state index contributed by atoms with van der Waals surface area (Å²) in [6.07, 6.45) is 4.06. The standard InChI is InChI=1S/C21H32N2O3/c1-21(2,3)26-20(25)23-16-9-8-14-18(23)19(24)22(4)15-10-13-17-11-6-5-7-12-17/h5-7,11-12,18H,8-10,13-16H2,1-4H3. The number of piperidine rings is 1. The van der Waals surface area contributed by atoms with E-state index in [9.17, 15) is 9.59 Å². The smallest absolute Gasteiger partial charge is 0.410 e. The van der Waals surface area contributed by atoms with Crippen LogP contribution in [0.15, 0.2) is 30.3 Å². The van der Waals surface area contributed by atoms with E-state index in [-0.39, 0.29) is 12.0 Å². The summed E-state index contributed by atoms with van der Waals surface area (Å²) < 4.78 is 5.49. The first kappa shape index (κ1) is 20.3. The summed E-state index contributed by atoms with van der Waals surface area (Å²) in [5.41, 5.74) is 0.727. The van der Waals surface area contributed by atoms with Crippen molar-refractivity contribution in [1.82, 2.24) is 9.80 Å². The number of hydrogen-bond donors (Lipinski definition) is 0. The van der Waals surface area contributed by atoms with Crippen molar-refractivity contribution in [3.8, 4) is 0 Å². The van der Waals surface area contributed by atoms with Crippen molar-refractivity contribution in [2.75, 3.05) is 20.1 Å². The summed E-state index contributed by atoms with van der Waals surface area (Å²) in [7, 11) is 1.83. The third-order valence-corrected chi connectivity index (χ3v) is 4.59. The first-order chi connectivity index (χ1) is 12.3. The van der Waals surface area contributed by atoms with Crippen LogP contribution in [-0.2, 0) is 16.0 Å². The van der Waals surface area contributed by atoms with Gasteiger partial charge >= 0.3 is 6.09 Å². The lowest BCUT2D eigenvalue weighted by Crippen LogP contribution is -2.53. The molecule has 2 rings (SSSR count). The lowest BCUT2D eigenvalue weighted by molar-refractivity contribution is -0.136. The molecule has 1 fully saturated rings. The maximum atomic E-state index is 12.9. The van der Waals surface area contributed by atoms with Gasteiger partial charge in [0.2, 0.25) is 5.91 Å². The molecule has 5 heteroatoms. The Balaban J connectivity index is 1.90. The van der Waals surface area contributed by atoms with Crippen LogP contribution in [0.1, 0.15) is 52.0 Å². The maximum Gasteiger partial charge on any atom is 0.410 e. The third kappa shape index (κ3) is 6.04. The Labute approximate surface area is 157 Å². The van der Waals surface area contributed by atoms with E-state index >= 15 is 0 Å². The quantitative estimate of drug-likeness (QED) is 0.801. The van der Waals surface area contributed by atoms with Crippen LogP contribution in [0.25, 0.3) is 0 Å². The zero-order valence-electron chi connectivity index (χ0n) is 16.5. The van der Waals surface area contributed by atoms with Crippen LogP contribution in [0.5, 0.6) is 0 Å². The van der Waals surface area contributed by atoms with Crippen LogP contribution in [0.4, 0.5) is 4.79 Å². The predicted octanol–water partition coefficient (Wildman–Crippen LogP) is 3.87. The molecule has 0 aromatic heterocycles. The van der Waals surface area contributed by atoms with Crippen molar-refractivity contribution >= 4 is 12.0 Å². The van der Waals surface area contributed by atoms with Gasteiger partial charge in [-0.1, -0.05) is 30.3 Å². The van der Waals surface area contributed by atoms with E-state index in [1.807, 2.05) is 46.0 Å². The molecule has 1 heterocycles. The van der Waals surface area contributed by atoms with Crippen molar-refractivity contribution in [2.24, 2.45) is 0 Å². The number of ether oxygens (including phenoxy) is 1. The molecule has 1 saturated heterocycles. The lowest BCUT2D eigenvalue weighted by Gasteiger charge is -2.37. The molecule has 2 amide bonds. The molecule has 1 aliphatic rings. The molecular formula is C21H32N2O3. The number of likely N-dealkylation sites (N-methyl/N-ethyl adjacent to an activating group) is 1. The summed E-state index contributed by atoms with van der Waals surface area (Å²) in [6, 6.07) is 9.88. The normalized spacial score (nSPS) is 17.7. The van der Waals surface area contributed by atoms with E-state index in [0.717, 1.165) is 25.7 Å². The number of carbonyl (C=O) groups excluding carboxylic acids is 2. The molecule has 0 radical (unpaired) electrons. The Morgan fingerprint density at radius 1 is 1.19 bits per heavy atom. The topological polar surface area (TPSA) is 49.9 Å². The average Bonchev–Trinajstić information content (AvgIpc) is 2.60. The van der Waals surface area contributed by atoms with Gasteiger partial charge < -0.3 is 9.64 Å². The SMILES string of the molecule is CN(CCCc1ccccc1)C(=O)C1CCCCN1C(=O)OC(C)(C)C. The van der Waals surface area contributed by atoms with Gasteiger partial charge in [0.25, 0.3) is 0 Å². The molecule has 1 aliphatic heterocycles. The molecule has 26 heavy (non-hydrogen) atoms. The molecule has 0 saturated carbocycles. The van der Waals surface area contributed by atoms with Gasteiger partial charge in [0, 0.05) is 20.1 Å². The molecule has 0 bridgehead atoms. The van der Waals surface area contributed by atoms with E-state index in [1.165, 1.54) is 5.56 Å². The number of amides is 2. The fourth-order valence-electron chi connectivity index (χ4n) is 3.26. The van der Waals surface area contributed by atoms with Crippen LogP contribution in [0.3, 0.4) is 0 Å².